The lowest BCUT2D eigenvalue weighted by atomic mass is 9.66. The van der Waals surface area contributed by atoms with Gasteiger partial charge in [-0.2, -0.15) is 0 Å². The molecule has 0 aromatic heterocycles. The van der Waals surface area contributed by atoms with Crippen molar-refractivity contribution in [2.45, 2.75) is 54.6 Å². The number of methoxy groups -OCH3 is 1. The third kappa shape index (κ3) is 12.1. The molecule has 0 aliphatic heterocycles. The molecule has 59 heavy (non-hydrogen) atoms. The smallest absolute Gasteiger partial charge is 0.341 e. The third-order valence-electron chi connectivity index (χ3n) is 9.80. The molecular formula is C48H64O11. The molecule has 0 saturated heterocycles. The van der Waals surface area contributed by atoms with E-state index in [2.05, 4.69) is 56.3 Å². The predicted molar refractivity (Wildman–Crippen MR) is 230 cm³/mol. The molecule has 0 unspecified atom stereocenters. The van der Waals surface area contributed by atoms with Crippen molar-refractivity contribution in [3.63, 3.8) is 0 Å². The Kier molecular flexibility index (Phi) is 20.4. The van der Waals surface area contributed by atoms with Gasteiger partial charge in [0.1, 0.15) is 17.9 Å². The highest BCUT2D eigenvalue weighted by Gasteiger charge is 2.47. The fraction of sp³-hybridized carbons (Fsp3) is 0.458. The van der Waals surface area contributed by atoms with E-state index in [4.69, 9.17) is 43.0 Å². The van der Waals surface area contributed by atoms with Gasteiger partial charge in [-0.1, -0.05) is 80.6 Å². The van der Waals surface area contributed by atoms with Crippen LogP contribution in [-0.2, 0) is 45.2 Å². The van der Waals surface area contributed by atoms with Crippen LogP contribution in [0.15, 0.2) is 72.8 Å². The second-order valence-corrected chi connectivity index (χ2v) is 13.8. The number of aliphatic hydroxyl groups is 1. The Labute approximate surface area is 350 Å². The first-order chi connectivity index (χ1) is 27.8. The van der Waals surface area contributed by atoms with Crippen molar-refractivity contribution in [2.75, 3.05) is 93.0 Å². The van der Waals surface area contributed by atoms with Crippen molar-refractivity contribution in [1.82, 2.24) is 0 Å². The van der Waals surface area contributed by atoms with Crippen LogP contribution in [0.2, 0.25) is 0 Å². The molecule has 0 amide bonds. The van der Waals surface area contributed by atoms with Crippen molar-refractivity contribution >= 4 is 11.8 Å². The zero-order chi connectivity index (χ0) is 40.6. The van der Waals surface area contributed by atoms with Crippen LogP contribution < -0.4 is 4.74 Å². The van der Waals surface area contributed by atoms with Crippen LogP contribution in [0.5, 0.6) is 5.75 Å². The van der Waals surface area contributed by atoms with Crippen LogP contribution in [-0.4, -0.2) is 110 Å². The summed E-state index contributed by atoms with van der Waals surface area (Å²) < 4.78 is 44.7. The molecule has 5 rings (SSSR count). The molecule has 1 N–H and O–H groups in total. The zero-order valence-corrected chi connectivity index (χ0v) is 33.9. The molecular weight excluding hydrogens is 753 g/mol. The number of ether oxygens (including phenoxy) is 8. The highest BCUT2D eigenvalue weighted by Crippen LogP contribution is 2.57. The molecule has 0 spiro atoms. The molecule has 322 valence electrons. The molecule has 0 atom stereocenters. The van der Waals surface area contributed by atoms with E-state index in [9.17, 15) is 9.59 Å². The normalized spacial score (nSPS) is 12.2. The average Bonchev–Trinajstić information content (AvgIpc) is 3.48. The molecule has 11 heteroatoms. The van der Waals surface area contributed by atoms with Gasteiger partial charge >= 0.3 is 5.97 Å². The van der Waals surface area contributed by atoms with Crippen molar-refractivity contribution < 1.29 is 52.6 Å². The molecule has 0 bridgehead atoms. The van der Waals surface area contributed by atoms with Gasteiger partial charge in [0.15, 0.2) is 5.78 Å². The fourth-order valence-electron chi connectivity index (χ4n) is 7.22. The Morgan fingerprint density at radius 1 is 0.610 bits per heavy atom. The lowest BCUT2D eigenvalue weighted by Crippen LogP contribution is -2.30. The molecule has 0 heterocycles. The topological polar surface area (TPSA) is 128 Å². The molecule has 11 nitrogen and oxygen atoms in total. The van der Waals surface area contributed by atoms with E-state index >= 15 is 0 Å². The van der Waals surface area contributed by atoms with Crippen LogP contribution in [0.1, 0.15) is 88.4 Å². The number of rotatable bonds is 25. The molecule has 4 aromatic rings. The van der Waals surface area contributed by atoms with E-state index in [0.717, 1.165) is 50.1 Å². The van der Waals surface area contributed by atoms with Gasteiger partial charge in [-0.25, -0.2) is 4.79 Å². The first kappa shape index (κ1) is 48.9. The number of fused-ring (bicyclic) bond motifs is 3. The van der Waals surface area contributed by atoms with Gasteiger partial charge in [-0.3, -0.25) is 4.79 Å². The maximum absolute atomic E-state index is 13.7. The van der Waals surface area contributed by atoms with Crippen molar-refractivity contribution in [1.29, 1.82) is 0 Å². The summed E-state index contributed by atoms with van der Waals surface area (Å²) in [5, 5.41) is 8.85. The lowest BCUT2D eigenvalue weighted by Gasteiger charge is -2.35. The number of carbonyl (C=O) groups is 2. The number of ketones is 1. The standard InChI is InChI=1S/C46H56O11.2CH4/c1-6-56-45(49)41-30-37(11-14-44(41)57-26-25-54-22-21-52-18-17-50-5)46(42-27-32(2)7-12-38(42)39-13-8-33(3)28-43(39)46)36-10-9-35(40(29-36)34(4)48)31-55-24-23-53-20-19-51-16-15-47;;/h7-14,27-30,47H,6,15-26,31H2,1-5H3;2*1H4. The average molecular weight is 817 g/mol. The number of aryl methyl sites for hydroxylation is 2. The monoisotopic (exact) mass is 816 g/mol. The molecule has 0 radical (unpaired) electrons. The highest BCUT2D eigenvalue weighted by atomic mass is 16.6. The van der Waals surface area contributed by atoms with Gasteiger partial charge in [0.05, 0.1) is 91.3 Å². The van der Waals surface area contributed by atoms with E-state index in [0.29, 0.717) is 76.3 Å². The number of Topliss-reactive ketones (excluding diaryl/α,β-unsaturated/α-hetero) is 1. The quantitative estimate of drug-likeness (QED) is 0.0351. The minimum Gasteiger partial charge on any atom is -0.490 e. The second kappa shape index (κ2) is 24.6. The molecule has 0 fully saturated rings. The van der Waals surface area contributed by atoms with Crippen molar-refractivity contribution in [3.05, 3.63) is 123 Å². The summed E-state index contributed by atoms with van der Waals surface area (Å²) in [4.78, 5) is 27.1. The van der Waals surface area contributed by atoms with Gasteiger partial charge in [0.2, 0.25) is 0 Å². The second-order valence-electron chi connectivity index (χ2n) is 13.8. The van der Waals surface area contributed by atoms with Crippen LogP contribution in [0.4, 0.5) is 0 Å². The predicted octanol–water partition coefficient (Wildman–Crippen LogP) is 7.92. The van der Waals surface area contributed by atoms with Crippen LogP contribution in [0.3, 0.4) is 0 Å². The Balaban J connectivity index is 0.00000465. The van der Waals surface area contributed by atoms with Crippen LogP contribution in [0, 0.1) is 13.8 Å². The van der Waals surface area contributed by atoms with E-state index in [1.54, 1.807) is 21.0 Å². The van der Waals surface area contributed by atoms with Gasteiger partial charge in [0.25, 0.3) is 0 Å². The Hall–Kier alpha value is -4.46. The van der Waals surface area contributed by atoms with E-state index in [-0.39, 0.29) is 53.7 Å². The van der Waals surface area contributed by atoms with Gasteiger partial charge < -0.3 is 43.0 Å². The highest BCUT2D eigenvalue weighted by molar-refractivity contribution is 5.97. The van der Waals surface area contributed by atoms with Crippen LogP contribution >= 0.6 is 0 Å². The summed E-state index contributed by atoms with van der Waals surface area (Å²) in [6, 6.07) is 24.7. The number of aliphatic hydroxyl groups excluding tert-OH is 1. The number of carbonyl (C=O) groups excluding carboxylic acids is 2. The maximum atomic E-state index is 13.7. The minimum atomic E-state index is -0.913. The molecule has 0 saturated carbocycles. The summed E-state index contributed by atoms with van der Waals surface area (Å²) in [6.45, 7) is 12.0. The molecule has 1 aliphatic carbocycles. The summed E-state index contributed by atoms with van der Waals surface area (Å²) in [5.74, 6) is -0.199. The maximum Gasteiger partial charge on any atom is 0.341 e. The first-order valence-electron chi connectivity index (χ1n) is 19.6. The largest absolute Gasteiger partial charge is 0.490 e. The van der Waals surface area contributed by atoms with E-state index < -0.39 is 11.4 Å². The SMILES string of the molecule is C.C.CCOC(=O)c1cc(C2(c3ccc(COCCOCCOCCO)c(C(C)=O)c3)c3cc(C)ccc3-c3ccc(C)cc32)ccc1OCCOCCOCCOC. The Morgan fingerprint density at radius 2 is 1.12 bits per heavy atom. The van der Waals surface area contributed by atoms with E-state index in [1.807, 2.05) is 30.3 Å². The minimum absolute atomic E-state index is 0. The molecule has 1 aliphatic rings. The van der Waals surface area contributed by atoms with Gasteiger partial charge in [-0.05, 0) is 84.8 Å². The van der Waals surface area contributed by atoms with Gasteiger partial charge in [-0.15, -0.1) is 0 Å². The number of esters is 1. The Bertz CT molecular complexity index is 1890. The molecule has 4 aromatic carbocycles. The van der Waals surface area contributed by atoms with Gasteiger partial charge in [0, 0.05) is 12.7 Å². The van der Waals surface area contributed by atoms with Crippen LogP contribution in [0.25, 0.3) is 11.1 Å². The van der Waals surface area contributed by atoms with Crippen molar-refractivity contribution in [3.8, 4) is 16.9 Å². The third-order valence-corrected chi connectivity index (χ3v) is 9.80. The summed E-state index contributed by atoms with van der Waals surface area (Å²) in [5.41, 5.74) is 8.82. The van der Waals surface area contributed by atoms with E-state index in [1.165, 1.54) is 0 Å². The summed E-state index contributed by atoms with van der Waals surface area (Å²) >= 11 is 0. The summed E-state index contributed by atoms with van der Waals surface area (Å²) in [7, 11) is 1.63. The Morgan fingerprint density at radius 3 is 1.66 bits per heavy atom. The lowest BCUT2D eigenvalue weighted by molar-refractivity contribution is 0.00443. The first-order valence-corrected chi connectivity index (χ1v) is 19.6. The van der Waals surface area contributed by atoms with Crippen molar-refractivity contribution in [2.24, 2.45) is 0 Å². The number of benzene rings is 4. The number of hydrogen-bond donors (Lipinski definition) is 1. The number of hydrogen-bond acceptors (Lipinski definition) is 11. The summed E-state index contributed by atoms with van der Waals surface area (Å²) in [6.07, 6.45) is 0. The zero-order valence-electron chi connectivity index (χ0n) is 33.9. The fourth-order valence-corrected chi connectivity index (χ4v) is 7.22.